The number of hydrogen-bond acceptors (Lipinski definition) is 3. The van der Waals surface area contributed by atoms with E-state index >= 15 is 0 Å². The zero-order valence-corrected chi connectivity index (χ0v) is 12.5. The number of amides is 1. The first-order valence-electron chi connectivity index (χ1n) is 7.71. The highest BCUT2D eigenvalue weighted by atomic mass is 16.4. The maximum Gasteiger partial charge on any atom is 0.339 e. The van der Waals surface area contributed by atoms with Crippen molar-refractivity contribution in [2.75, 3.05) is 0 Å². The molecule has 0 aromatic carbocycles. The van der Waals surface area contributed by atoms with Crippen LogP contribution >= 0.6 is 0 Å². The van der Waals surface area contributed by atoms with Crippen molar-refractivity contribution in [1.29, 1.82) is 0 Å². The molecule has 114 valence electrons. The molecule has 5 heteroatoms. The summed E-state index contributed by atoms with van der Waals surface area (Å²) < 4.78 is 5.52. The van der Waals surface area contributed by atoms with Gasteiger partial charge in [0.05, 0.1) is 0 Å². The molecule has 1 atom stereocenters. The molecule has 2 aliphatic rings. The van der Waals surface area contributed by atoms with Crippen molar-refractivity contribution >= 4 is 11.9 Å². The first-order chi connectivity index (χ1) is 10.0. The van der Waals surface area contributed by atoms with E-state index in [1.54, 1.807) is 0 Å². The number of carboxylic acid groups (broad SMARTS) is 1. The molecule has 0 saturated heterocycles. The number of furan rings is 1. The molecule has 5 nitrogen and oxygen atoms in total. The summed E-state index contributed by atoms with van der Waals surface area (Å²) >= 11 is 0. The van der Waals surface area contributed by atoms with Crippen LogP contribution in [0.3, 0.4) is 0 Å². The third-order valence-electron chi connectivity index (χ3n) is 4.49. The average Bonchev–Trinajstić information content (AvgIpc) is 3.35. The van der Waals surface area contributed by atoms with Gasteiger partial charge in [-0.2, -0.15) is 0 Å². The van der Waals surface area contributed by atoms with E-state index in [9.17, 15) is 14.7 Å². The zero-order chi connectivity index (χ0) is 15.1. The molecule has 21 heavy (non-hydrogen) atoms. The third kappa shape index (κ3) is 2.69. The highest BCUT2D eigenvalue weighted by Crippen LogP contribution is 2.40. The van der Waals surface area contributed by atoms with E-state index in [-0.39, 0.29) is 23.3 Å². The minimum absolute atomic E-state index is 0.107. The van der Waals surface area contributed by atoms with E-state index < -0.39 is 5.97 Å². The summed E-state index contributed by atoms with van der Waals surface area (Å²) in [5.74, 6) is -0.0552. The summed E-state index contributed by atoms with van der Waals surface area (Å²) in [7, 11) is 0. The number of aromatic carboxylic acids is 1. The number of aryl methyl sites for hydroxylation is 1. The Morgan fingerprint density at radius 3 is 2.48 bits per heavy atom. The average molecular weight is 291 g/mol. The number of rotatable bonds is 6. The summed E-state index contributed by atoms with van der Waals surface area (Å²) in [6.07, 6.45) is 4.90. The molecule has 0 bridgehead atoms. The van der Waals surface area contributed by atoms with E-state index in [0.717, 1.165) is 12.8 Å². The topological polar surface area (TPSA) is 70.8 Å². The molecule has 1 aromatic rings. The number of carboxylic acids is 1. The monoisotopic (exact) mass is 291 g/mol. The Balaban J connectivity index is 1.87. The molecular formula is C16H21NO4. The smallest absolute Gasteiger partial charge is 0.339 e. The number of carbonyl (C=O) groups excluding carboxylic acids is 1. The Morgan fingerprint density at radius 2 is 2.05 bits per heavy atom. The van der Waals surface area contributed by atoms with Gasteiger partial charge >= 0.3 is 5.97 Å². The van der Waals surface area contributed by atoms with Crippen LogP contribution in [0.4, 0.5) is 0 Å². The van der Waals surface area contributed by atoms with Crippen LogP contribution in [0.2, 0.25) is 0 Å². The Bertz CT molecular complexity index is 569. The van der Waals surface area contributed by atoms with Gasteiger partial charge in [0.25, 0.3) is 5.91 Å². The van der Waals surface area contributed by atoms with Gasteiger partial charge in [-0.1, -0.05) is 6.92 Å². The van der Waals surface area contributed by atoms with Crippen molar-refractivity contribution in [3.05, 3.63) is 23.2 Å². The second-order valence-corrected chi connectivity index (χ2v) is 6.13. The minimum atomic E-state index is -1.04. The number of nitrogens with zero attached hydrogens (tertiary/aromatic N) is 1. The van der Waals surface area contributed by atoms with Gasteiger partial charge in [0.2, 0.25) is 0 Å². The van der Waals surface area contributed by atoms with Gasteiger partial charge in [0, 0.05) is 24.6 Å². The largest absolute Gasteiger partial charge is 0.478 e. The van der Waals surface area contributed by atoms with Crippen LogP contribution in [-0.4, -0.2) is 34.0 Å². The molecular weight excluding hydrogens is 270 g/mol. The summed E-state index contributed by atoms with van der Waals surface area (Å²) in [5.41, 5.74) is 0.107. The van der Waals surface area contributed by atoms with Crippen molar-refractivity contribution in [3.8, 4) is 0 Å². The lowest BCUT2D eigenvalue weighted by Crippen LogP contribution is -2.41. The van der Waals surface area contributed by atoms with Crippen molar-refractivity contribution in [2.24, 2.45) is 5.92 Å². The fourth-order valence-electron chi connectivity index (χ4n) is 2.95. The number of hydrogen-bond donors (Lipinski definition) is 1. The van der Waals surface area contributed by atoms with Crippen molar-refractivity contribution in [2.45, 2.75) is 58.0 Å². The molecule has 1 amide bonds. The molecule has 2 fully saturated rings. The predicted octanol–water partition coefficient (Wildman–Crippen LogP) is 2.94. The lowest BCUT2D eigenvalue weighted by Gasteiger charge is -2.28. The van der Waals surface area contributed by atoms with Gasteiger partial charge in [0.15, 0.2) is 5.76 Å². The summed E-state index contributed by atoms with van der Waals surface area (Å²) in [4.78, 5) is 25.9. The maximum absolute atomic E-state index is 12.7. The molecule has 2 saturated carbocycles. The van der Waals surface area contributed by atoms with Gasteiger partial charge in [-0.3, -0.25) is 4.79 Å². The molecule has 3 rings (SSSR count). The van der Waals surface area contributed by atoms with Gasteiger partial charge < -0.3 is 14.4 Å². The Morgan fingerprint density at radius 1 is 1.38 bits per heavy atom. The molecule has 1 aromatic heterocycles. The molecule has 0 spiro atoms. The normalized spacial score (nSPS) is 19.3. The SMILES string of the molecule is CCc1oc(C(=O)N(C2CC2)C(C)C2CC2)cc1C(=O)O. The Kier molecular flexibility index (Phi) is 3.51. The van der Waals surface area contributed by atoms with Gasteiger partial charge in [-0.05, 0) is 38.5 Å². The second-order valence-electron chi connectivity index (χ2n) is 6.13. The summed E-state index contributed by atoms with van der Waals surface area (Å²) in [5, 5.41) is 9.17. The van der Waals surface area contributed by atoms with Crippen molar-refractivity contribution < 1.29 is 19.1 Å². The van der Waals surface area contributed by atoms with Crippen molar-refractivity contribution in [1.82, 2.24) is 4.90 Å². The molecule has 1 N–H and O–H groups in total. The quantitative estimate of drug-likeness (QED) is 0.874. The van der Waals surface area contributed by atoms with E-state index in [4.69, 9.17) is 4.42 Å². The Hall–Kier alpha value is -1.78. The predicted molar refractivity (Wildman–Crippen MR) is 76.4 cm³/mol. The van der Waals surface area contributed by atoms with E-state index in [1.807, 2.05) is 11.8 Å². The van der Waals surface area contributed by atoms with E-state index in [0.29, 0.717) is 24.1 Å². The van der Waals surface area contributed by atoms with Crippen LogP contribution in [0.25, 0.3) is 0 Å². The zero-order valence-electron chi connectivity index (χ0n) is 12.5. The summed E-state index contributed by atoms with van der Waals surface area (Å²) in [6.45, 7) is 3.92. The minimum Gasteiger partial charge on any atom is -0.478 e. The van der Waals surface area contributed by atoms with E-state index in [2.05, 4.69) is 6.92 Å². The molecule has 0 radical (unpaired) electrons. The first-order valence-corrected chi connectivity index (χ1v) is 7.71. The van der Waals surface area contributed by atoms with Crippen LogP contribution < -0.4 is 0 Å². The fraction of sp³-hybridized carbons (Fsp3) is 0.625. The molecule has 0 aliphatic heterocycles. The van der Waals surface area contributed by atoms with Gasteiger partial charge in [-0.15, -0.1) is 0 Å². The molecule has 2 aliphatic carbocycles. The van der Waals surface area contributed by atoms with Crippen molar-refractivity contribution in [3.63, 3.8) is 0 Å². The number of carbonyl (C=O) groups is 2. The highest BCUT2D eigenvalue weighted by Gasteiger charge is 2.43. The fourth-order valence-corrected chi connectivity index (χ4v) is 2.95. The van der Waals surface area contributed by atoms with Crippen LogP contribution in [0.15, 0.2) is 10.5 Å². The van der Waals surface area contributed by atoms with Crippen LogP contribution in [0.5, 0.6) is 0 Å². The first kappa shape index (κ1) is 14.2. The highest BCUT2D eigenvalue weighted by molar-refractivity contribution is 5.96. The van der Waals surface area contributed by atoms with Crippen LogP contribution in [0, 0.1) is 5.92 Å². The molecule has 1 heterocycles. The van der Waals surface area contributed by atoms with Gasteiger partial charge in [-0.25, -0.2) is 4.79 Å². The standard InChI is InChI=1S/C16H21NO4/c1-3-13-12(16(19)20)8-14(21-13)15(18)17(11-6-7-11)9(2)10-4-5-10/h8-11H,3-7H2,1-2H3,(H,19,20). The third-order valence-corrected chi connectivity index (χ3v) is 4.49. The lowest BCUT2D eigenvalue weighted by molar-refractivity contribution is 0.0618. The van der Waals surface area contributed by atoms with Crippen LogP contribution in [-0.2, 0) is 6.42 Å². The second kappa shape index (κ2) is 5.20. The molecule has 1 unspecified atom stereocenters. The summed E-state index contributed by atoms with van der Waals surface area (Å²) in [6, 6.07) is 1.91. The maximum atomic E-state index is 12.7. The lowest BCUT2D eigenvalue weighted by atomic mass is 10.1. The van der Waals surface area contributed by atoms with Gasteiger partial charge in [0.1, 0.15) is 11.3 Å². The Labute approximate surface area is 123 Å². The van der Waals surface area contributed by atoms with Crippen LogP contribution in [0.1, 0.15) is 66.2 Å². The van der Waals surface area contributed by atoms with E-state index in [1.165, 1.54) is 18.9 Å².